The van der Waals surface area contributed by atoms with Crippen LogP contribution in [0.2, 0.25) is 0 Å². The first-order chi connectivity index (χ1) is 13.1. The minimum absolute atomic E-state index is 0.120. The van der Waals surface area contributed by atoms with E-state index in [0.717, 1.165) is 47.4 Å². The van der Waals surface area contributed by atoms with Gasteiger partial charge in [-0.3, -0.25) is 14.0 Å². The van der Waals surface area contributed by atoms with E-state index in [1.54, 1.807) is 11.3 Å². The van der Waals surface area contributed by atoms with Crippen molar-refractivity contribution in [2.45, 2.75) is 66.0 Å². The van der Waals surface area contributed by atoms with Crippen LogP contribution in [0.4, 0.5) is 5.95 Å². The molecule has 0 amide bonds. The van der Waals surface area contributed by atoms with Gasteiger partial charge in [-0.05, 0) is 57.6 Å². The Hall–Kier alpha value is -2.15. The van der Waals surface area contributed by atoms with Crippen LogP contribution >= 0.6 is 11.3 Å². The minimum atomic E-state index is 0.120. The number of thiophene rings is 1. The average Bonchev–Trinajstić information content (AvgIpc) is 3.17. The second kappa shape index (κ2) is 7.46. The third-order valence-electron chi connectivity index (χ3n) is 5.23. The fraction of sp³-hybridized carbons (Fsp3) is 0.550. The molecule has 3 aromatic heterocycles. The van der Waals surface area contributed by atoms with Gasteiger partial charge >= 0.3 is 0 Å². The molecular formula is C20H27N5OS. The van der Waals surface area contributed by atoms with Gasteiger partial charge in [-0.2, -0.15) is 5.10 Å². The number of rotatable bonds is 6. The van der Waals surface area contributed by atoms with E-state index in [2.05, 4.69) is 30.3 Å². The van der Waals surface area contributed by atoms with Crippen LogP contribution in [0, 0.1) is 13.8 Å². The van der Waals surface area contributed by atoms with Gasteiger partial charge in [-0.25, -0.2) is 4.98 Å². The largest absolute Gasteiger partial charge is 0.354 e. The van der Waals surface area contributed by atoms with E-state index in [9.17, 15) is 4.79 Å². The summed E-state index contributed by atoms with van der Waals surface area (Å²) in [5.41, 5.74) is 3.56. The lowest BCUT2D eigenvalue weighted by Gasteiger charge is -2.14. The van der Waals surface area contributed by atoms with E-state index in [1.807, 2.05) is 16.2 Å². The second-order valence-corrected chi connectivity index (χ2v) is 8.44. The fourth-order valence-corrected chi connectivity index (χ4v) is 5.23. The van der Waals surface area contributed by atoms with Gasteiger partial charge in [-0.15, -0.1) is 11.3 Å². The van der Waals surface area contributed by atoms with Crippen LogP contribution in [0.15, 0.2) is 10.9 Å². The zero-order chi connectivity index (χ0) is 19.0. The number of nitrogens with one attached hydrogen (secondary N) is 1. The van der Waals surface area contributed by atoms with Gasteiger partial charge in [0.15, 0.2) is 0 Å². The summed E-state index contributed by atoms with van der Waals surface area (Å²) in [7, 11) is 0. The van der Waals surface area contributed by atoms with Crippen molar-refractivity contribution >= 4 is 27.5 Å². The average molecular weight is 386 g/mol. The lowest BCUT2D eigenvalue weighted by molar-refractivity contribution is 0.604. The number of anilines is 1. The highest BCUT2D eigenvalue weighted by molar-refractivity contribution is 7.18. The van der Waals surface area contributed by atoms with Crippen molar-refractivity contribution in [3.05, 3.63) is 38.2 Å². The van der Waals surface area contributed by atoms with E-state index in [0.29, 0.717) is 19.0 Å². The normalized spacial score (nSPS) is 13.9. The highest BCUT2D eigenvalue weighted by atomic mass is 32.1. The van der Waals surface area contributed by atoms with Gasteiger partial charge < -0.3 is 5.32 Å². The summed E-state index contributed by atoms with van der Waals surface area (Å²) in [5.74, 6) is 0.689. The Morgan fingerprint density at radius 2 is 2.04 bits per heavy atom. The van der Waals surface area contributed by atoms with Gasteiger partial charge in [0.1, 0.15) is 4.83 Å². The highest BCUT2D eigenvalue weighted by Gasteiger charge is 2.21. The monoisotopic (exact) mass is 385 g/mol. The summed E-state index contributed by atoms with van der Waals surface area (Å²) in [5, 5.41) is 8.76. The Morgan fingerprint density at radius 1 is 1.22 bits per heavy atom. The van der Waals surface area contributed by atoms with Gasteiger partial charge in [0.2, 0.25) is 5.95 Å². The Labute approximate surface area is 163 Å². The van der Waals surface area contributed by atoms with Crippen LogP contribution in [-0.2, 0) is 25.9 Å². The molecule has 3 heterocycles. The zero-order valence-corrected chi connectivity index (χ0v) is 17.2. The molecule has 7 heteroatoms. The summed E-state index contributed by atoms with van der Waals surface area (Å²) < 4.78 is 3.82. The van der Waals surface area contributed by atoms with Crippen molar-refractivity contribution in [2.24, 2.45) is 0 Å². The standard InChI is InChI=1S/C20H27N5OS/c1-4-10-24-19(26)17-15-7-5-6-8-16(15)27-18(17)22-20(24)21-9-11-25-14(3)12-13(2)23-25/h12H,4-11H2,1-3H3,(H,21,22). The number of aryl methyl sites for hydroxylation is 4. The Morgan fingerprint density at radius 3 is 2.78 bits per heavy atom. The lowest BCUT2D eigenvalue weighted by Crippen LogP contribution is -2.26. The van der Waals surface area contributed by atoms with Crippen LogP contribution in [0.3, 0.4) is 0 Å². The molecule has 0 aromatic carbocycles. The van der Waals surface area contributed by atoms with Crippen LogP contribution in [0.5, 0.6) is 0 Å². The molecule has 144 valence electrons. The van der Waals surface area contributed by atoms with E-state index >= 15 is 0 Å². The number of fused-ring (bicyclic) bond motifs is 3. The fourth-order valence-electron chi connectivity index (χ4n) is 3.98. The van der Waals surface area contributed by atoms with E-state index in [1.165, 1.54) is 23.3 Å². The van der Waals surface area contributed by atoms with Crippen LogP contribution in [-0.4, -0.2) is 25.9 Å². The molecule has 3 aromatic rings. The first kappa shape index (κ1) is 18.2. The topological polar surface area (TPSA) is 64.7 Å². The summed E-state index contributed by atoms with van der Waals surface area (Å²) >= 11 is 1.71. The summed E-state index contributed by atoms with van der Waals surface area (Å²) in [4.78, 5) is 20.4. The van der Waals surface area contributed by atoms with E-state index in [4.69, 9.17) is 4.98 Å². The molecule has 0 radical (unpaired) electrons. The number of nitrogens with zero attached hydrogens (tertiary/aromatic N) is 4. The first-order valence-electron chi connectivity index (χ1n) is 9.88. The Balaban J connectivity index is 1.65. The third kappa shape index (κ3) is 3.40. The molecule has 1 aliphatic rings. The number of hydrogen-bond donors (Lipinski definition) is 1. The summed E-state index contributed by atoms with van der Waals surface area (Å²) in [6.07, 6.45) is 5.41. The quantitative estimate of drug-likeness (QED) is 0.703. The van der Waals surface area contributed by atoms with Crippen molar-refractivity contribution in [3.8, 4) is 0 Å². The van der Waals surface area contributed by atoms with Crippen molar-refractivity contribution in [1.29, 1.82) is 0 Å². The van der Waals surface area contributed by atoms with Crippen LogP contribution in [0.25, 0.3) is 10.2 Å². The highest BCUT2D eigenvalue weighted by Crippen LogP contribution is 2.34. The predicted octanol–water partition coefficient (Wildman–Crippen LogP) is 3.67. The van der Waals surface area contributed by atoms with Crippen molar-refractivity contribution < 1.29 is 0 Å². The van der Waals surface area contributed by atoms with Crippen molar-refractivity contribution in [2.75, 3.05) is 11.9 Å². The minimum Gasteiger partial charge on any atom is -0.354 e. The molecule has 0 bridgehead atoms. The lowest BCUT2D eigenvalue weighted by atomic mass is 9.97. The maximum atomic E-state index is 13.2. The van der Waals surface area contributed by atoms with Gasteiger partial charge in [0, 0.05) is 23.7 Å². The molecule has 1 aliphatic carbocycles. The zero-order valence-electron chi connectivity index (χ0n) is 16.3. The summed E-state index contributed by atoms with van der Waals surface area (Å²) in [6.45, 7) is 8.29. The molecule has 1 N–H and O–H groups in total. The van der Waals surface area contributed by atoms with Gasteiger partial charge in [-0.1, -0.05) is 6.92 Å². The molecule has 0 spiro atoms. The smallest absolute Gasteiger partial charge is 0.263 e. The second-order valence-electron chi connectivity index (χ2n) is 7.36. The molecule has 27 heavy (non-hydrogen) atoms. The van der Waals surface area contributed by atoms with Gasteiger partial charge in [0.05, 0.1) is 17.6 Å². The van der Waals surface area contributed by atoms with Crippen LogP contribution in [0.1, 0.15) is 48.0 Å². The number of hydrogen-bond acceptors (Lipinski definition) is 5. The molecule has 0 saturated carbocycles. The molecule has 6 nitrogen and oxygen atoms in total. The van der Waals surface area contributed by atoms with Crippen molar-refractivity contribution in [3.63, 3.8) is 0 Å². The first-order valence-corrected chi connectivity index (χ1v) is 10.7. The predicted molar refractivity (Wildman–Crippen MR) is 111 cm³/mol. The molecular weight excluding hydrogens is 358 g/mol. The Bertz CT molecular complexity index is 1030. The number of aromatic nitrogens is 4. The maximum Gasteiger partial charge on any atom is 0.263 e. The third-order valence-corrected chi connectivity index (χ3v) is 6.42. The van der Waals surface area contributed by atoms with Crippen LogP contribution < -0.4 is 10.9 Å². The molecule has 4 rings (SSSR count). The SMILES string of the molecule is CCCn1c(NCCn2nc(C)cc2C)nc2sc3c(c2c1=O)CCCC3. The molecule has 0 atom stereocenters. The van der Waals surface area contributed by atoms with Crippen molar-refractivity contribution in [1.82, 2.24) is 19.3 Å². The van der Waals surface area contributed by atoms with E-state index < -0.39 is 0 Å². The molecule has 0 unspecified atom stereocenters. The summed E-state index contributed by atoms with van der Waals surface area (Å²) in [6, 6.07) is 2.08. The molecule has 0 saturated heterocycles. The molecule has 0 aliphatic heterocycles. The van der Waals surface area contributed by atoms with Gasteiger partial charge in [0.25, 0.3) is 5.56 Å². The molecule has 0 fully saturated rings. The Kier molecular flexibility index (Phi) is 5.04. The maximum absolute atomic E-state index is 13.2. The van der Waals surface area contributed by atoms with E-state index in [-0.39, 0.29) is 5.56 Å².